The summed E-state index contributed by atoms with van der Waals surface area (Å²) in [6.07, 6.45) is 0. The second-order valence-corrected chi connectivity index (χ2v) is 8.44. The van der Waals surface area contributed by atoms with Crippen LogP contribution in [0.5, 0.6) is 0 Å². The van der Waals surface area contributed by atoms with Gasteiger partial charge in [0.2, 0.25) is 5.91 Å². The Morgan fingerprint density at radius 3 is 2.46 bits per heavy atom. The maximum absolute atomic E-state index is 13.3. The third-order valence-corrected chi connectivity index (χ3v) is 6.27. The summed E-state index contributed by atoms with van der Waals surface area (Å²) in [6.45, 7) is 1.93. The second kappa shape index (κ2) is 10.1. The third-order valence-electron chi connectivity index (χ3n) is 6.27. The van der Waals surface area contributed by atoms with Gasteiger partial charge in [-0.1, -0.05) is 30.3 Å². The molecule has 0 spiro atoms. The Bertz CT molecular complexity index is 1260. The summed E-state index contributed by atoms with van der Waals surface area (Å²) in [6, 6.07) is 6.43. The van der Waals surface area contributed by atoms with Crippen LogP contribution < -0.4 is 10.6 Å². The predicted molar refractivity (Wildman–Crippen MR) is 122 cm³/mol. The molecule has 6 amide bonds. The van der Waals surface area contributed by atoms with Gasteiger partial charge in [0.15, 0.2) is 5.70 Å². The topological polar surface area (TPSA) is 183 Å². The van der Waals surface area contributed by atoms with Crippen LogP contribution in [0.4, 0.5) is 4.79 Å². The maximum Gasteiger partial charge on any atom is 0.355 e. The number of nitrogens with one attached hydrogen (secondary N) is 2. The van der Waals surface area contributed by atoms with Gasteiger partial charge in [-0.3, -0.25) is 24.1 Å². The van der Waals surface area contributed by atoms with E-state index >= 15 is 0 Å². The number of carboxylic acid groups (broad SMARTS) is 1. The van der Waals surface area contributed by atoms with E-state index in [0.717, 1.165) is 9.91 Å². The normalized spacial score (nSPS) is 20.6. The number of aliphatic carboxylic acids is 1. The summed E-state index contributed by atoms with van der Waals surface area (Å²) in [5.74, 6) is -4.82. The number of fused-ring (bicyclic) bond motifs is 1. The summed E-state index contributed by atoms with van der Waals surface area (Å²) in [7, 11) is 0. The highest BCUT2D eigenvalue weighted by Crippen LogP contribution is 2.29. The van der Waals surface area contributed by atoms with E-state index in [1.54, 1.807) is 43.3 Å². The summed E-state index contributed by atoms with van der Waals surface area (Å²) in [5.41, 5.74) is -0.197. The Kier molecular flexibility index (Phi) is 6.89. The van der Waals surface area contributed by atoms with Gasteiger partial charge < -0.3 is 20.6 Å². The lowest BCUT2D eigenvalue weighted by Crippen LogP contribution is -2.59. The zero-order valence-electron chi connectivity index (χ0n) is 19.7. The summed E-state index contributed by atoms with van der Waals surface area (Å²) < 4.78 is 0. The molecule has 1 aromatic rings. The van der Waals surface area contributed by atoms with E-state index in [1.165, 1.54) is 9.91 Å². The molecule has 3 aliphatic heterocycles. The number of carbonyl (C=O) groups excluding carboxylic acids is 5. The van der Waals surface area contributed by atoms with Crippen molar-refractivity contribution in [1.29, 1.82) is 5.26 Å². The number of hydrazine groups is 1. The molecule has 3 N–H and O–H groups in total. The van der Waals surface area contributed by atoms with Crippen molar-refractivity contribution >= 4 is 35.6 Å². The van der Waals surface area contributed by atoms with Crippen LogP contribution in [-0.2, 0) is 24.0 Å². The molecule has 0 aromatic heterocycles. The Morgan fingerprint density at radius 2 is 1.84 bits per heavy atom. The van der Waals surface area contributed by atoms with E-state index in [0.29, 0.717) is 12.1 Å². The minimum absolute atomic E-state index is 0.0517. The molecule has 1 aromatic carbocycles. The van der Waals surface area contributed by atoms with Crippen molar-refractivity contribution < 1.29 is 33.9 Å². The van der Waals surface area contributed by atoms with Crippen molar-refractivity contribution in [2.45, 2.75) is 19.0 Å². The number of likely N-dealkylation sites (N-methyl/N-ethyl adjacent to an activating group) is 1. The van der Waals surface area contributed by atoms with E-state index in [2.05, 4.69) is 10.6 Å². The van der Waals surface area contributed by atoms with Gasteiger partial charge in [-0.05, 0) is 12.5 Å². The van der Waals surface area contributed by atoms with Crippen molar-refractivity contribution in [2.75, 3.05) is 32.7 Å². The molecule has 3 aliphatic rings. The quantitative estimate of drug-likeness (QED) is 0.386. The van der Waals surface area contributed by atoms with E-state index < -0.39 is 53.4 Å². The van der Waals surface area contributed by atoms with Gasteiger partial charge in [0, 0.05) is 26.2 Å². The summed E-state index contributed by atoms with van der Waals surface area (Å²) in [5, 5.41) is 25.8. The second-order valence-electron chi connectivity index (χ2n) is 8.44. The number of piperazine rings is 1. The smallest absolute Gasteiger partial charge is 0.355 e. The Labute approximate surface area is 210 Å². The molecule has 192 valence electrons. The van der Waals surface area contributed by atoms with Crippen LogP contribution >= 0.6 is 0 Å². The van der Waals surface area contributed by atoms with Crippen molar-refractivity contribution in [1.82, 2.24) is 30.5 Å². The minimum Gasteiger partial charge on any atom is -0.476 e. The zero-order chi connectivity index (χ0) is 26.9. The molecule has 0 saturated carbocycles. The van der Waals surface area contributed by atoms with Crippen LogP contribution in [0.2, 0.25) is 0 Å². The molecular formula is C23H23N7O7. The van der Waals surface area contributed by atoms with Crippen molar-refractivity contribution in [3.8, 4) is 6.07 Å². The first-order chi connectivity index (χ1) is 17.7. The SMILES string of the molecule is CCN1CCN(C(=O)N[C@@H](C(=O)N[C@H]2CN3CC(C#N)=C(C(=O)O)N3C2=O)c2ccccc2)C(=O)C1=O. The zero-order valence-corrected chi connectivity index (χ0v) is 19.7. The molecule has 4 rings (SSSR count). The number of carboxylic acids is 1. The van der Waals surface area contributed by atoms with Crippen molar-refractivity contribution in [2.24, 2.45) is 0 Å². The van der Waals surface area contributed by atoms with Gasteiger partial charge in [0.1, 0.15) is 12.1 Å². The fourth-order valence-corrected chi connectivity index (χ4v) is 4.42. The van der Waals surface area contributed by atoms with Crippen LogP contribution in [0.3, 0.4) is 0 Å². The molecule has 0 aliphatic carbocycles. The molecule has 14 heteroatoms. The molecule has 3 heterocycles. The van der Waals surface area contributed by atoms with Crippen LogP contribution in [0.25, 0.3) is 0 Å². The van der Waals surface area contributed by atoms with Crippen molar-refractivity contribution in [3.63, 3.8) is 0 Å². The number of rotatable bonds is 6. The van der Waals surface area contributed by atoms with E-state index in [9.17, 15) is 39.1 Å². The predicted octanol–water partition coefficient (Wildman–Crippen LogP) is -1.45. The lowest BCUT2D eigenvalue weighted by Gasteiger charge is -2.32. The van der Waals surface area contributed by atoms with Crippen molar-refractivity contribution in [3.05, 3.63) is 47.2 Å². The highest BCUT2D eigenvalue weighted by Gasteiger charge is 2.48. The average Bonchev–Trinajstić information content (AvgIpc) is 3.40. The Hall–Kier alpha value is -4.77. The molecule has 2 fully saturated rings. The number of hydrogen-bond donors (Lipinski definition) is 3. The Morgan fingerprint density at radius 1 is 1.14 bits per heavy atom. The lowest BCUT2D eigenvalue weighted by atomic mass is 10.1. The first-order valence-corrected chi connectivity index (χ1v) is 11.4. The van der Waals surface area contributed by atoms with Crippen LogP contribution in [0, 0.1) is 11.3 Å². The first-order valence-electron chi connectivity index (χ1n) is 11.4. The average molecular weight is 509 g/mol. The highest BCUT2D eigenvalue weighted by atomic mass is 16.4. The Balaban J connectivity index is 1.52. The number of urea groups is 1. The molecule has 37 heavy (non-hydrogen) atoms. The molecular weight excluding hydrogens is 486 g/mol. The first kappa shape index (κ1) is 25.3. The standard InChI is InChI=1S/C23H23N7O7/c1-2-27-8-9-29(21(34)20(27)33)23(37)26-16(13-6-4-3-5-7-13)18(31)25-15-12-28-11-14(10-24)17(22(35)36)30(28)19(15)32/h3-7,15-16H,2,8-9,11-12H2,1H3,(H,25,31)(H,26,37)(H,35,36)/t15-,16+/m0/s1. The van der Waals surface area contributed by atoms with Crippen LogP contribution in [-0.4, -0.2) is 99.3 Å². The highest BCUT2D eigenvalue weighted by molar-refractivity contribution is 6.38. The molecule has 2 saturated heterocycles. The number of carbonyl (C=O) groups is 6. The minimum atomic E-state index is -1.45. The summed E-state index contributed by atoms with van der Waals surface area (Å²) in [4.78, 5) is 77.5. The van der Waals surface area contributed by atoms with E-state index in [1.807, 2.05) is 0 Å². The van der Waals surface area contributed by atoms with Crippen LogP contribution in [0.1, 0.15) is 18.5 Å². The van der Waals surface area contributed by atoms with Gasteiger partial charge in [-0.25, -0.2) is 19.6 Å². The fourth-order valence-electron chi connectivity index (χ4n) is 4.42. The number of nitrogens with zero attached hydrogens (tertiary/aromatic N) is 5. The van der Waals surface area contributed by atoms with Gasteiger partial charge in [-0.2, -0.15) is 5.26 Å². The largest absolute Gasteiger partial charge is 0.476 e. The molecule has 0 radical (unpaired) electrons. The molecule has 0 bridgehead atoms. The van der Waals surface area contributed by atoms with Gasteiger partial charge >= 0.3 is 23.8 Å². The maximum atomic E-state index is 13.3. The number of nitriles is 1. The number of imide groups is 1. The van der Waals surface area contributed by atoms with E-state index in [-0.39, 0.29) is 31.8 Å². The lowest BCUT2D eigenvalue weighted by molar-refractivity contribution is -0.153. The molecule has 14 nitrogen and oxygen atoms in total. The number of benzene rings is 1. The fraction of sp³-hybridized carbons (Fsp3) is 0.348. The summed E-state index contributed by atoms with van der Waals surface area (Å²) >= 11 is 0. The van der Waals surface area contributed by atoms with Gasteiger partial charge in [-0.15, -0.1) is 0 Å². The molecule has 2 atom stereocenters. The van der Waals surface area contributed by atoms with E-state index in [4.69, 9.17) is 0 Å². The van der Waals surface area contributed by atoms with Gasteiger partial charge in [0.05, 0.1) is 18.2 Å². The molecule has 0 unspecified atom stereocenters. The number of hydrogen-bond acceptors (Lipinski definition) is 8. The third kappa shape index (κ3) is 4.59. The number of amides is 6. The van der Waals surface area contributed by atoms with Crippen LogP contribution in [0.15, 0.2) is 41.6 Å². The monoisotopic (exact) mass is 509 g/mol. The van der Waals surface area contributed by atoms with Gasteiger partial charge in [0.25, 0.3) is 5.91 Å².